The summed E-state index contributed by atoms with van der Waals surface area (Å²) in [4.78, 5) is 0. The van der Waals surface area contributed by atoms with Crippen LogP contribution < -0.4 is 0 Å². The van der Waals surface area contributed by atoms with Crippen molar-refractivity contribution in [2.24, 2.45) is 0 Å². The summed E-state index contributed by atoms with van der Waals surface area (Å²) in [6.45, 7) is 3.71. The molecule has 1 fully saturated rings. The number of alkyl halides is 1. The predicted molar refractivity (Wildman–Crippen MR) is 79.7 cm³/mol. The van der Waals surface area contributed by atoms with Gasteiger partial charge in [0.1, 0.15) is 18.8 Å². The van der Waals surface area contributed by atoms with Crippen LogP contribution in [0.3, 0.4) is 0 Å². The molecule has 1 saturated heterocycles. The molecular formula is C17H21FO4. The topological polar surface area (TPSA) is 47.9 Å². The Kier molecular flexibility index (Phi) is 5.92. The first kappa shape index (κ1) is 16.9. The van der Waals surface area contributed by atoms with E-state index in [-0.39, 0.29) is 13.2 Å². The lowest BCUT2D eigenvalue weighted by Crippen LogP contribution is -2.35. The molecule has 0 amide bonds. The SMILES string of the molecule is CC1(C)O[C@@H]([C@@H](F)C#CCO)[C@H](COCc2ccccc2)O1. The summed E-state index contributed by atoms with van der Waals surface area (Å²) in [5.41, 5.74) is 1.04. The molecule has 1 heterocycles. The summed E-state index contributed by atoms with van der Waals surface area (Å²) in [5.74, 6) is 3.75. The fourth-order valence-electron chi connectivity index (χ4n) is 2.33. The van der Waals surface area contributed by atoms with Crippen molar-refractivity contribution in [2.75, 3.05) is 13.2 Å². The summed E-state index contributed by atoms with van der Waals surface area (Å²) in [6, 6.07) is 9.71. The minimum absolute atomic E-state index is 0.213. The van der Waals surface area contributed by atoms with Gasteiger partial charge in [-0.05, 0) is 19.4 Å². The average Bonchev–Trinajstić information content (AvgIpc) is 2.81. The van der Waals surface area contributed by atoms with Gasteiger partial charge in [-0.25, -0.2) is 4.39 Å². The van der Waals surface area contributed by atoms with E-state index in [4.69, 9.17) is 19.3 Å². The maximum atomic E-state index is 14.1. The van der Waals surface area contributed by atoms with Crippen molar-refractivity contribution in [2.45, 2.75) is 44.6 Å². The zero-order valence-corrected chi connectivity index (χ0v) is 12.8. The highest BCUT2D eigenvalue weighted by molar-refractivity contribution is 5.13. The van der Waals surface area contributed by atoms with Crippen molar-refractivity contribution in [3.63, 3.8) is 0 Å². The molecule has 1 N–H and O–H groups in total. The van der Waals surface area contributed by atoms with Crippen LogP contribution in [-0.4, -0.2) is 42.5 Å². The molecule has 1 aliphatic heterocycles. The zero-order valence-electron chi connectivity index (χ0n) is 12.8. The Morgan fingerprint density at radius 1 is 1.32 bits per heavy atom. The van der Waals surface area contributed by atoms with Crippen molar-refractivity contribution in [1.82, 2.24) is 0 Å². The van der Waals surface area contributed by atoms with Gasteiger partial charge in [-0.15, -0.1) is 0 Å². The maximum Gasteiger partial charge on any atom is 0.189 e. The van der Waals surface area contributed by atoms with Crippen LogP contribution in [0.1, 0.15) is 19.4 Å². The molecule has 0 bridgehead atoms. The van der Waals surface area contributed by atoms with Crippen molar-refractivity contribution in [3.05, 3.63) is 35.9 Å². The second-order valence-corrected chi connectivity index (χ2v) is 5.52. The molecule has 3 atom stereocenters. The van der Waals surface area contributed by atoms with Gasteiger partial charge in [-0.2, -0.15) is 0 Å². The fourth-order valence-corrected chi connectivity index (χ4v) is 2.33. The van der Waals surface area contributed by atoms with Crippen molar-refractivity contribution in [1.29, 1.82) is 0 Å². The molecular weight excluding hydrogens is 287 g/mol. The lowest BCUT2D eigenvalue weighted by atomic mass is 10.1. The third kappa shape index (κ3) is 4.79. The minimum atomic E-state index is -1.53. The first-order valence-electron chi connectivity index (χ1n) is 7.22. The first-order chi connectivity index (χ1) is 10.5. The summed E-state index contributed by atoms with van der Waals surface area (Å²) in [6.07, 6.45) is -2.90. The fraction of sp³-hybridized carbons (Fsp3) is 0.529. The van der Waals surface area contributed by atoms with E-state index in [1.165, 1.54) is 0 Å². The van der Waals surface area contributed by atoms with Crippen LogP contribution in [0.5, 0.6) is 0 Å². The van der Waals surface area contributed by atoms with Gasteiger partial charge >= 0.3 is 0 Å². The normalized spacial score (nSPS) is 24.5. The van der Waals surface area contributed by atoms with Crippen LogP contribution >= 0.6 is 0 Å². The molecule has 0 unspecified atom stereocenters. The molecule has 2 rings (SSSR count). The Balaban J connectivity index is 1.91. The van der Waals surface area contributed by atoms with Crippen LogP contribution in [0, 0.1) is 11.8 Å². The van der Waals surface area contributed by atoms with Gasteiger partial charge in [-0.1, -0.05) is 42.2 Å². The third-order valence-electron chi connectivity index (χ3n) is 3.22. The zero-order chi connectivity index (χ0) is 16.0. The van der Waals surface area contributed by atoms with E-state index in [1.54, 1.807) is 13.8 Å². The van der Waals surface area contributed by atoms with Crippen LogP contribution in [0.15, 0.2) is 30.3 Å². The monoisotopic (exact) mass is 308 g/mol. The lowest BCUT2D eigenvalue weighted by molar-refractivity contribution is -0.153. The van der Waals surface area contributed by atoms with Gasteiger partial charge < -0.3 is 19.3 Å². The van der Waals surface area contributed by atoms with Gasteiger partial charge in [0.25, 0.3) is 0 Å². The van der Waals surface area contributed by atoms with E-state index in [0.29, 0.717) is 6.61 Å². The summed E-state index contributed by atoms with van der Waals surface area (Å²) in [7, 11) is 0. The Hall–Kier alpha value is -1.45. The molecule has 0 radical (unpaired) electrons. The Morgan fingerprint density at radius 3 is 2.73 bits per heavy atom. The summed E-state index contributed by atoms with van der Waals surface area (Å²) >= 11 is 0. The molecule has 4 nitrogen and oxygen atoms in total. The largest absolute Gasteiger partial charge is 0.384 e. The van der Waals surface area contributed by atoms with Gasteiger partial charge in [0, 0.05) is 0 Å². The van der Waals surface area contributed by atoms with E-state index in [0.717, 1.165) is 5.56 Å². The van der Waals surface area contributed by atoms with E-state index >= 15 is 0 Å². The van der Waals surface area contributed by atoms with Crippen LogP contribution in [0.4, 0.5) is 4.39 Å². The number of halogens is 1. The molecule has 22 heavy (non-hydrogen) atoms. The van der Waals surface area contributed by atoms with Gasteiger partial charge in [-0.3, -0.25) is 0 Å². The molecule has 1 aromatic carbocycles. The number of ether oxygens (including phenoxy) is 3. The highest BCUT2D eigenvalue weighted by atomic mass is 19.1. The Labute approximate surface area is 130 Å². The molecule has 0 spiro atoms. The first-order valence-corrected chi connectivity index (χ1v) is 7.22. The highest BCUT2D eigenvalue weighted by Gasteiger charge is 2.45. The van der Waals surface area contributed by atoms with Crippen molar-refractivity contribution >= 4 is 0 Å². The number of hydrogen-bond acceptors (Lipinski definition) is 4. The molecule has 1 aliphatic rings. The van der Waals surface area contributed by atoms with Gasteiger partial charge in [0.15, 0.2) is 12.0 Å². The third-order valence-corrected chi connectivity index (χ3v) is 3.22. The van der Waals surface area contributed by atoms with Crippen LogP contribution in [0.25, 0.3) is 0 Å². The second-order valence-electron chi connectivity index (χ2n) is 5.52. The van der Waals surface area contributed by atoms with E-state index in [9.17, 15) is 4.39 Å². The molecule has 0 saturated carbocycles. The van der Waals surface area contributed by atoms with E-state index < -0.39 is 24.2 Å². The van der Waals surface area contributed by atoms with Crippen LogP contribution in [0.2, 0.25) is 0 Å². The summed E-state index contributed by atoms with van der Waals surface area (Å²) < 4.78 is 31.0. The predicted octanol–water partition coefficient (Wildman–Crippen LogP) is 2.06. The standard InChI is InChI=1S/C17H21FO4/c1-17(2)21-15(16(22-17)14(18)9-6-10-19)12-20-11-13-7-4-3-5-8-13/h3-5,7-8,14-16,19H,10-12H2,1-2H3/t14-,15-,16-/m0/s1. The molecule has 120 valence electrons. The Bertz CT molecular complexity index is 520. The molecule has 0 aromatic heterocycles. The summed E-state index contributed by atoms with van der Waals surface area (Å²) in [5, 5.41) is 8.66. The molecule has 0 aliphatic carbocycles. The lowest BCUT2D eigenvalue weighted by Gasteiger charge is -2.17. The van der Waals surface area contributed by atoms with E-state index in [2.05, 4.69) is 11.8 Å². The highest BCUT2D eigenvalue weighted by Crippen LogP contribution is 2.31. The number of rotatable bonds is 5. The van der Waals surface area contributed by atoms with Gasteiger partial charge in [0.2, 0.25) is 0 Å². The Morgan fingerprint density at radius 2 is 2.05 bits per heavy atom. The van der Waals surface area contributed by atoms with Crippen molar-refractivity contribution in [3.8, 4) is 11.8 Å². The van der Waals surface area contributed by atoms with Crippen molar-refractivity contribution < 1.29 is 23.7 Å². The van der Waals surface area contributed by atoms with Gasteiger partial charge in [0.05, 0.1) is 13.2 Å². The number of aliphatic hydroxyl groups excluding tert-OH is 1. The van der Waals surface area contributed by atoms with E-state index in [1.807, 2.05) is 30.3 Å². The number of hydrogen-bond donors (Lipinski definition) is 1. The van der Waals surface area contributed by atoms with Crippen LogP contribution in [-0.2, 0) is 20.8 Å². The molecule has 1 aromatic rings. The maximum absolute atomic E-state index is 14.1. The smallest absolute Gasteiger partial charge is 0.189 e. The quantitative estimate of drug-likeness (QED) is 0.846. The minimum Gasteiger partial charge on any atom is -0.384 e. The average molecular weight is 308 g/mol. The second kappa shape index (κ2) is 7.70. The number of benzene rings is 1. The number of aliphatic hydroxyl groups is 1. The molecule has 5 heteroatoms.